The van der Waals surface area contributed by atoms with Crippen LogP contribution in [-0.2, 0) is 9.78 Å². The topological polar surface area (TPSA) is 30.8 Å². The summed E-state index contributed by atoms with van der Waals surface area (Å²) < 4.78 is 0. The Morgan fingerprint density at radius 2 is 1.58 bits per heavy atom. The van der Waals surface area contributed by atoms with E-state index in [1.165, 1.54) is 13.5 Å². The molecule has 0 saturated heterocycles. The molecule has 0 aromatic heterocycles. The van der Waals surface area contributed by atoms with Crippen molar-refractivity contribution < 1.29 is 9.78 Å². The third kappa shape index (κ3) is 4.34. The summed E-state index contributed by atoms with van der Waals surface area (Å²) in [6.45, 7) is 8.59. The van der Waals surface area contributed by atoms with Gasteiger partial charge in [-0.1, -0.05) is 27.7 Å². The number of aliphatic imine (C=N–C) groups is 1. The van der Waals surface area contributed by atoms with E-state index in [2.05, 4.69) is 42.5 Å². The molecule has 0 aliphatic heterocycles. The summed E-state index contributed by atoms with van der Waals surface area (Å²) in [5.74, 6) is 1.06. The highest BCUT2D eigenvalue weighted by atomic mass is 17.2. The molecule has 12 heavy (non-hydrogen) atoms. The largest absolute Gasteiger partial charge is 0.326 e. The number of hydrogen-bond acceptors (Lipinski definition) is 3. The Morgan fingerprint density at radius 3 is 1.92 bits per heavy atom. The van der Waals surface area contributed by atoms with Crippen LogP contribution in [0.4, 0.5) is 0 Å². The summed E-state index contributed by atoms with van der Waals surface area (Å²) in [6.07, 6.45) is 1.37. The van der Waals surface area contributed by atoms with Crippen LogP contribution in [0.3, 0.4) is 0 Å². The molecule has 3 nitrogen and oxygen atoms in total. The molecule has 0 aromatic carbocycles. The monoisotopic (exact) mass is 173 g/mol. The van der Waals surface area contributed by atoms with Gasteiger partial charge in [-0.15, -0.1) is 0 Å². The molecule has 0 amide bonds. The molecule has 0 saturated carbocycles. The average molecular weight is 173 g/mol. The first kappa shape index (κ1) is 11.4. The van der Waals surface area contributed by atoms with Crippen molar-refractivity contribution in [1.29, 1.82) is 0 Å². The summed E-state index contributed by atoms with van der Waals surface area (Å²) in [6, 6.07) is 0.306. The van der Waals surface area contributed by atoms with Crippen LogP contribution in [0.1, 0.15) is 27.7 Å². The zero-order chi connectivity index (χ0) is 9.56. The zero-order valence-corrected chi connectivity index (χ0v) is 8.57. The molecule has 0 aromatic rings. The van der Waals surface area contributed by atoms with Gasteiger partial charge in [-0.25, -0.2) is 0 Å². The van der Waals surface area contributed by atoms with Crippen molar-refractivity contribution in [2.24, 2.45) is 16.8 Å². The Kier molecular flexibility index (Phi) is 5.72. The van der Waals surface area contributed by atoms with E-state index in [1.54, 1.807) is 0 Å². The average Bonchev–Trinajstić information content (AvgIpc) is 1.96. The normalized spacial score (nSPS) is 12.3. The maximum Gasteiger partial charge on any atom is 0.215 e. The molecule has 0 aliphatic carbocycles. The molecule has 0 N–H and O–H groups in total. The first-order chi connectivity index (χ1) is 5.59. The van der Waals surface area contributed by atoms with Gasteiger partial charge < -0.3 is 4.89 Å². The first-order valence-corrected chi connectivity index (χ1v) is 4.30. The number of hydrogen-bond donors (Lipinski definition) is 0. The second-order valence-corrected chi connectivity index (χ2v) is 3.50. The van der Waals surface area contributed by atoms with E-state index < -0.39 is 0 Å². The van der Waals surface area contributed by atoms with Crippen LogP contribution >= 0.6 is 0 Å². The van der Waals surface area contributed by atoms with Crippen molar-refractivity contribution in [2.45, 2.75) is 33.7 Å². The fourth-order valence-electron chi connectivity index (χ4n) is 1.25. The molecular formula is C9H19NO2. The third-order valence-electron chi connectivity index (χ3n) is 1.74. The molecular weight excluding hydrogens is 154 g/mol. The minimum absolute atomic E-state index is 0.306. The smallest absolute Gasteiger partial charge is 0.215 e. The first-order valence-electron chi connectivity index (χ1n) is 4.30. The van der Waals surface area contributed by atoms with E-state index in [0.29, 0.717) is 17.9 Å². The van der Waals surface area contributed by atoms with Crippen LogP contribution < -0.4 is 0 Å². The van der Waals surface area contributed by atoms with Gasteiger partial charge in [0.15, 0.2) is 0 Å². The minimum Gasteiger partial charge on any atom is -0.326 e. The maximum absolute atomic E-state index is 4.57. The highest BCUT2D eigenvalue weighted by Crippen LogP contribution is 2.15. The standard InChI is InChI=1S/C9H19NO2/c1-7(2)9(8(3)4)10-6-12-11-5/h6-9H,1-5H3. The minimum atomic E-state index is 0.306. The third-order valence-corrected chi connectivity index (χ3v) is 1.74. The van der Waals surface area contributed by atoms with Gasteiger partial charge in [0.25, 0.3) is 0 Å². The van der Waals surface area contributed by atoms with E-state index in [0.717, 1.165) is 0 Å². The fourth-order valence-corrected chi connectivity index (χ4v) is 1.25. The summed E-state index contributed by atoms with van der Waals surface area (Å²) in [5.41, 5.74) is 0. The SMILES string of the molecule is COOC=NC(C(C)C)C(C)C. The number of rotatable bonds is 5. The Bertz CT molecular complexity index is 124. The summed E-state index contributed by atoms with van der Waals surface area (Å²) in [4.78, 5) is 13.2. The second-order valence-electron chi connectivity index (χ2n) is 3.50. The van der Waals surface area contributed by atoms with E-state index in [9.17, 15) is 0 Å². The summed E-state index contributed by atoms with van der Waals surface area (Å²) in [5, 5.41) is 0. The van der Waals surface area contributed by atoms with Crippen LogP contribution in [0, 0.1) is 11.8 Å². The Hall–Kier alpha value is -0.570. The second kappa shape index (κ2) is 6.00. The van der Waals surface area contributed by atoms with Crippen LogP contribution in [0.5, 0.6) is 0 Å². The predicted octanol–water partition coefficient (Wildman–Crippen LogP) is 2.27. The lowest BCUT2D eigenvalue weighted by Crippen LogP contribution is -2.20. The van der Waals surface area contributed by atoms with Gasteiger partial charge in [-0.3, -0.25) is 4.99 Å². The van der Waals surface area contributed by atoms with Crippen molar-refractivity contribution in [3.8, 4) is 0 Å². The summed E-state index contributed by atoms with van der Waals surface area (Å²) >= 11 is 0. The molecule has 0 fully saturated rings. The zero-order valence-electron chi connectivity index (χ0n) is 8.57. The van der Waals surface area contributed by atoms with Crippen LogP contribution in [0.15, 0.2) is 4.99 Å². The van der Waals surface area contributed by atoms with Crippen LogP contribution in [-0.4, -0.2) is 19.6 Å². The fraction of sp³-hybridized carbons (Fsp3) is 0.889. The highest BCUT2D eigenvalue weighted by Gasteiger charge is 2.15. The van der Waals surface area contributed by atoms with Gasteiger partial charge in [0.2, 0.25) is 6.40 Å². The lowest BCUT2D eigenvalue weighted by Gasteiger charge is -2.19. The van der Waals surface area contributed by atoms with Crippen molar-refractivity contribution in [2.75, 3.05) is 7.11 Å². The van der Waals surface area contributed by atoms with Crippen molar-refractivity contribution in [3.05, 3.63) is 0 Å². The molecule has 0 radical (unpaired) electrons. The quantitative estimate of drug-likeness (QED) is 0.276. The van der Waals surface area contributed by atoms with Gasteiger partial charge >= 0.3 is 0 Å². The Labute approximate surface area is 74.7 Å². The molecule has 0 rings (SSSR count). The van der Waals surface area contributed by atoms with Gasteiger partial charge in [-0.2, -0.15) is 4.89 Å². The van der Waals surface area contributed by atoms with Gasteiger partial charge in [0, 0.05) is 0 Å². The maximum atomic E-state index is 4.57. The van der Waals surface area contributed by atoms with E-state index >= 15 is 0 Å². The molecule has 0 bridgehead atoms. The Balaban J connectivity index is 3.95. The molecule has 72 valence electrons. The van der Waals surface area contributed by atoms with Crippen molar-refractivity contribution in [1.82, 2.24) is 0 Å². The van der Waals surface area contributed by atoms with Crippen molar-refractivity contribution in [3.63, 3.8) is 0 Å². The van der Waals surface area contributed by atoms with Gasteiger partial charge in [0.05, 0.1) is 13.2 Å². The lowest BCUT2D eigenvalue weighted by molar-refractivity contribution is -0.188. The lowest BCUT2D eigenvalue weighted by atomic mass is 9.94. The van der Waals surface area contributed by atoms with Gasteiger partial charge in [-0.05, 0) is 11.8 Å². The Morgan fingerprint density at radius 1 is 1.08 bits per heavy atom. The van der Waals surface area contributed by atoms with E-state index in [1.807, 2.05) is 0 Å². The highest BCUT2D eigenvalue weighted by molar-refractivity contribution is 5.45. The van der Waals surface area contributed by atoms with Crippen LogP contribution in [0.25, 0.3) is 0 Å². The molecule has 0 spiro atoms. The van der Waals surface area contributed by atoms with E-state index in [-0.39, 0.29) is 0 Å². The van der Waals surface area contributed by atoms with Crippen molar-refractivity contribution >= 4 is 6.40 Å². The van der Waals surface area contributed by atoms with Crippen LogP contribution in [0.2, 0.25) is 0 Å². The number of nitrogens with zero attached hydrogens (tertiary/aromatic N) is 1. The molecule has 0 atom stereocenters. The molecule has 3 heteroatoms. The summed E-state index contributed by atoms with van der Waals surface area (Å²) in [7, 11) is 1.46. The molecule has 0 heterocycles. The van der Waals surface area contributed by atoms with Gasteiger partial charge in [0.1, 0.15) is 0 Å². The van der Waals surface area contributed by atoms with E-state index in [4.69, 9.17) is 0 Å². The molecule has 0 unspecified atom stereocenters. The predicted molar refractivity (Wildman–Crippen MR) is 50.1 cm³/mol. The molecule has 0 aliphatic rings.